The molecule has 32 heavy (non-hydrogen) atoms. The number of ketones is 1. The van der Waals surface area contributed by atoms with E-state index >= 15 is 0 Å². The number of hydrogen-bond donors (Lipinski definition) is 1. The van der Waals surface area contributed by atoms with Gasteiger partial charge in [0.05, 0.1) is 12.7 Å². The normalized spacial score (nSPS) is 45.5. The molecule has 0 amide bonds. The minimum Gasteiger partial charge on any atom is -0.497 e. The Morgan fingerprint density at radius 3 is 2.44 bits per heavy atom. The quantitative estimate of drug-likeness (QED) is 0.541. The number of benzene rings is 1. The number of Topliss-reactive ketones (excluding diaryl/α,β-unsaturated/α-hetero) is 1. The smallest absolute Gasteiger partial charge is 0.166 e. The van der Waals surface area contributed by atoms with Crippen LogP contribution in [0.25, 0.3) is 0 Å². The molecule has 3 nitrogen and oxygen atoms in total. The topological polar surface area (TPSA) is 46.5 Å². The number of fused-ring (bicyclic) bond motifs is 5. The predicted molar refractivity (Wildman–Crippen MR) is 128 cm³/mol. The number of carbonyl (C=O) groups excluding carboxylic acids is 1. The Morgan fingerprint density at radius 1 is 0.969 bits per heavy atom. The molecule has 0 aliphatic heterocycles. The highest BCUT2D eigenvalue weighted by molar-refractivity contribution is 6.00. The number of methoxy groups -OCH3 is 1. The largest absolute Gasteiger partial charge is 0.497 e. The molecule has 0 heterocycles. The van der Waals surface area contributed by atoms with Crippen molar-refractivity contribution in [1.82, 2.24) is 0 Å². The van der Waals surface area contributed by atoms with Crippen molar-refractivity contribution in [1.29, 1.82) is 0 Å². The summed E-state index contributed by atoms with van der Waals surface area (Å²) in [6.45, 7) is 9.08. The van der Waals surface area contributed by atoms with Crippen molar-refractivity contribution in [3.63, 3.8) is 0 Å². The summed E-state index contributed by atoms with van der Waals surface area (Å²) in [6.07, 6.45) is 10.4. The summed E-state index contributed by atoms with van der Waals surface area (Å²) in [5.41, 5.74) is 1.97. The SMILES string of the molecule is COc1ccc(C(=O)[C@H]2CC[C@H]3[C@@H]4CC[C@H]5C[C@](C)(O)CC[C@]5(C)[C@H]4CC[C@]23C)c(C)c1. The van der Waals surface area contributed by atoms with Crippen molar-refractivity contribution < 1.29 is 14.6 Å². The summed E-state index contributed by atoms with van der Waals surface area (Å²) in [6, 6.07) is 5.92. The molecule has 4 saturated carbocycles. The van der Waals surface area contributed by atoms with Gasteiger partial charge in [-0.2, -0.15) is 0 Å². The maximum Gasteiger partial charge on any atom is 0.166 e. The lowest BCUT2D eigenvalue weighted by Crippen LogP contribution is -2.55. The first-order chi connectivity index (χ1) is 15.1. The molecular weight excluding hydrogens is 396 g/mol. The van der Waals surface area contributed by atoms with Crippen molar-refractivity contribution in [2.24, 2.45) is 40.4 Å². The van der Waals surface area contributed by atoms with Crippen LogP contribution >= 0.6 is 0 Å². The zero-order chi connectivity index (χ0) is 22.9. The maximum atomic E-state index is 13.8. The highest BCUT2D eigenvalue weighted by atomic mass is 16.5. The molecule has 1 aromatic carbocycles. The van der Waals surface area contributed by atoms with Crippen LogP contribution in [0, 0.1) is 47.3 Å². The molecule has 176 valence electrons. The van der Waals surface area contributed by atoms with Crippen molar-refractivity contribution in [2.45, 2.75) is 91.1 Å². The van der Waals surface area contributed by atoms with Crippen molar-refractivity contribution in [3.05, 3.63) is 29.3 Å². The second-order valence-electron chi connectivity index (χ2n) is 12.6. The van der Waals surface area contributed by atoms with Gasteiger partial charge in [0.2, 0.25) is 0 Å². The Morgan fingerprint density at radius 2 is 1.72 bits per heavy atom. The third kappa shape index (κ3) is 3.29. The van der Waals surface area contributed by atoms with E-state index in [0.29, 0.717) is 23.0 Å². The Bertz CT molecular complexity index is 904. The molecule has 3 heteroatoms. The minimum atomic E-state index is -0.471. The van der Waals surface area contributed by atoms with Crippen LogP contribution in [0.2, 0.25) is 0 Å². The molecule has 0 unspecified atom stereocenters. The van der Waals surface area contributed by atoms with Gasteiger partial charge in [0.1, 0.15) is 5.75 Å². The average molecular weight is 439 g/mol. The van der Waals surface area contributed by atoms with Gasteiger partial charge >= 0.3 is 0 Å². The highest BCUT2D eigenvalue weighted by Crippen LogP contribution is 2.68. The van der Waals surface area contributed by atoms with Gasteiger partial charge in [-0.05, 0) is 130 Å². The molecule has 0 aromatic heterocycles. The Balaban J connectivity index is 1.39. The van der Waals surface area contributed by atoms with E-state index < -0.39 is 5.60 Å². The molecule has 0 radical (unpaired) electrons. The van der Waals surface area contributed by atoms with Crippen molar-refractivity contribution in [2.75, 3.05) is 7.11 Å². The second kappa shape index (κ2) is 7.58. The van der Waals surface area contributed by atoms with Crippen LogP contribution in [0.1, 0.15) is 94.5 Å². The first-order valence-electron chi connectivity index (χ1n) is 13.0. The molecule has 1 N–H and O–H groups in total. The molecule has 1 aromatic rings. The van der Waals surface area contributed by atoms with Gasteiger partial charge in [-0.1, -0.05) is 13.8 Å². The fourth-order valence-corrected chi connectivity index (χ4v) is 9.09. The highest BCUT2D eigenvalue weighted by Gasteiger charge is 2.61. The Hall–Kier alpha value is -1.35. The molecule has 5 rings (SSSR count). The maximum absolute atomic E-state index is 13.8. The van der Waals surface area contributed by atoms with Crippen LogP contribution in [-0.4, -0.2) is 23.6 Å². The van der Waals surface area contributed by atoms with Crippen LogP contribution in [-0.2, 0) is 0 Å². The van der Waals surface area contributed by atoms with Crippen LogP contribution in [0.4, 0.5) is 0 Å². The lowest BCUT2D eigenvalue weighted by Gasteiger charge is -2.61. The van der Waals surface area contributed by atoms with Crippen LogP contribution in [0.15, 0.2) is 18.2 Å². The fourth-order valence-electron chi connectivity index (χ4n) is 9.09. The molecule has 4 aliphatic carbocycles. The molecule has 8 atom stereocenters. The van der Waals surface area contributed by atoms with E-state index in [-0.39, 0.29) is 11.3 Å². The lowest BCUT2D eigenvalue weighted by molar-refractivity contribution is -0.144. The summed E-state index contributed by atoms with van der Waals surface area (Å²) >= 11 is 0. The third-order valence-electron chi connectivity index (χ3n) is 11.0. The van der Waals surface area contributed by atoms with Crippen LogP contribution in [0.5, 0.6) is 5.75 Å². The van der Waals surface area contributed by atoms with E-state index in [4.69, 9.17) is 4.74 Å². The summed E-state index contributed by atoms with van der Waals surface area (Å²) < 4.78 is 5.36. The van der Waals surface area contributed by atoms with E-state index in [0.717, 1.165) is 48.0 Å². The molecule has 0 bridgehead atoms. The average Bonchev–Trinajstić information content (AvgIpc) is 3.10. The predicted octanol–water partition coefficient (Wildman–Crippen LogP) is 6.60. The number of hydrogen-bond acceptors (Lipinski definition) is 3. The summed E-state index contributed by atoms with van der Waals surface area (Å²) in [4.78, 5) is 13.8. The van der Waals surface area contributed by atoms with E-state index in [1.54, 1.807) is 7.11 Å². The summed E-state index contributed by atoms with van der Waals surface area (Å²) in [5, 5.41) is 10.7. The zero-order valence-corrected chi connectivity index (χ0v) is 20.7. The van der Waals surface area contributed by atoms with Gasteiger partial charge in [-0.15, -0.1) is 0 Å². The van der Waals surface area contributed by atoms with Crippen LogP contribution in [0.3, 0.4) is 0 Å². The van der Waals surface area contributed by atoms with Crippen LogP contribution < -0.4 is 4.74 Å². The minimum absolute atomic E-state index is 0.133. The fraction of sp³-hybridized carbons (Fsp3) is 0.759. The number of aliphatic hydroxyl groups is 1. The molecular formula is C29H42O3. The van der Waals surface area contributed by atoms with Crippen molar-refractivity contribution >= 4 is 5.78 Å². The number of ether oxygens (including phenoxy) is 1. The van der Waals surface area contributed by atoms with Gasteiger partial charge in [0.15, 0.2) is 5.78 Å². The van der Waals surface area contributed by atoms with Gasteiger partial charge < -0.3 is 9.84 Å². The van der Waals surface area contributed by atoms with E-state index in [9.17, 15) is 9.90 Å². The first-order valence-corrected chi connectivity index (χ1v) is 13.0. The summed E-state index contributed by atoms with van der Waals surface area (Å²) in [5.74, 6) is 4.21. The van der Waals surface area contributed by atoms with Gasteiger partial charge in [-0.25, -0.2) is 0 Å². The molecule has 4 aliphatic rings. The Labute approximate surface area is 194 Å². The van der Waals surface area contributed by atoms with E-state index in [1.807, 2.05) is 32.0 Å². The van der Waals surface area contributed by atoms with E-state index in [2.05, 4.69) is 13.8 Å². The molecule has 0 spiro atoms. The zero-order valence-electron chi connectivity index (χ0n) is 20.7. The van der Waals surface area contributed by atoms with Crippen molar-refractivity contribution in [3.8, 4) is 5.75 Å². The number of rotatable bonds is 3. The third-order valence-corrected chi connectivity index (χ3v) is 11.0. The molecule has 4 fully saturated rings. The molecule has 0 saturated heterocycles. The first kappa shape index (κ1) is 22.4. The van der Waals surface area contributed by atoms with Gasteiger partial charge in [-0.3, -0.25) is 4.79 Å². The number of carbonyl (C=O) groups is 1. The van der Waals surface area contributed by atoms with Gasteiger partial charge in [0.25, 0.3) is 0 Å². The van der Waals surface area contributed by atoms with E-state index in [1.165, 1.54) is 38.5 Å². The second-order valence-corrected chi connectivity index (χ2v) is 12.6. The number of aryl methyl sites for hydroxylation is 1. The lowest BCUT2D eigenvalue weighted by atomic mass is 9.44. The van der Waals surface area contributed by atoms with Gasteiger partial charge in [0, 0.05) is 11.5 Å². The Kier molecular flexibility index (Phi) is 5.32. The summed E-state index contributed by atoms with van der Waals surface area (Å²) in [7, 11) is 1.68. The standard InChI is InChI=1S/C29H42O3/c1-18-16-20(32-5)7-9-21(18)26(30)25-11-10-23-22-8-6-19-17-27(2,31)14-15-28(19,3)24(22)12-13-29(23,25)4/h7,9,16,19,22-25,31H,6,8,10-15,17H2,1-5H3/t19-,22-,23-,24-,25+,27+,28-,29-/m0/s1. The monoisotopic (exact) mass is 438 g/mol.